The summed E-state index contributed by atoms with van der Waals surface area (Å²) in [4.78, 5) is 45.3. The van der Waals surface area contributed by atoms with Gasteiger partial charge in [-0.25, -0.2) is 0 Å². The Morgan fingerprint density at radius 2 is 1.69 bits per heavy atom. The summed E-state index contributed by atoms with van der Waals surface area (Å²) in [5.41, 5.74) is 2.33. The summed E-state index contributed by atoms with van der Waals surface area (Å²) in [6.07, 6.45) is 8.59. The number of nitrogens with one attached hydrogen (secondary N) is 2. The third-order valence-corrected chi connectivity index (χ3v) is 6.48. The zero-order chi connectivity index (χ0) is 25.5. The smallest absolute Gasteiger partial charge is 0.287 e. The first-order valence-electron chi connectivity index (χ1n) is 12.4. The van der Waals surface area contributed by atoms with Crippen LogP contribution in [0.1, 0.15) is 73.2 Å². The SMILES string of the molecule is CC(C)c1ccc(N(C(=O)CNC(=O)c2ccco2)[C@@H](C(=O)NC2CCCC2)c2ccncc2)cc1. The lowest BCUT2D eigenvalue weighted by Gasteiger charge is -2.32. The molecule has 0 radical (unpaired) electrons. The van der Waals surface area contributed by atoms with E-state index in [2.05, 4.69) is 29.5 Å². The third kappa shape index (κ3) is 6.00. The zero-order valence-electron chi connectivity index (χ0n) is 20.6. The lowest BCUT2D eigenvalue weighted by molar-refractivity contribution is -0.126. The van der Waals surface area contributed by atoms with Crippen molar-refractivity contribution in [1.82, 2.24) is 15.6 Å². The van der Waals surface area contributed by atoms with Crippen LogP contribution in [0.2, 0.25) is 0 Å². The maximum atomic E-state index is 13.7. The summed E-state index contributed by atoms with van der Waals surface area (Å²) in [6.45, 7) is 3.89. The van der Waals surface area contributed by atoms with E-state index in [9.17, 15) is 14.4 Å². The molecule has 36 heavy (non-hydrogen) atoms. The zero-order valence-corrected chi connectivity index (χ0v) is 20.6. The van der Waals surface area contributed by atoms with Crippen LogP contribution in [0.4, 0.5) is 5.69 Å². The summed E-state index contributed by atoms with van der Waals surface area (Å²) in [5.74, 6) is -0.751. The molecule has 0 aliphatic heterocycles. The largest absolute Gasteiger partial charge is 0.459 e. The number of hydrogen-bond acceptors (Lipinski definition) is 5. The van der Waals surface area contributed by atoms with Crippen LogP contribution in [0, 0.1) is 0 Å². The van der Waals surface area contributed by atoms with Gasteiger partial charge in [-0.2, -0.15) is 0 Å². The van der Waals surface area contributed by atoms with Crippen LogP contribution in [0.3, 0.4) is 0 Å². The fourth-order valence-electron chi connectivity index (χ4n) is 4.51. The number of hydrogen-bond donors (Lipinski definition) is 2. The van der Waals surface area contributed by atoms with E-state index in [1.807, 2.05) is 24.3 Å². The van der Waals surface area contributed by atoms with Gasteiger partial charge < -0.3 is 15.1 Å². The number of nitrogens with zero attached hydrogens (tertiary/aromatic N) is 2. The number of amides is 3. The molecule has 188 valence electrons. The van der Waals surface area contributed by atoms with Crippen molar-refractivity contribution >= 4 is 23.4 Å². The van der Waals surface area contributed by atoms with Gasteiger partial charge in [0.2, 0.25) is 11.8 Å². The standard InChI is InChI=1S/C28H32N4O4/c1-19(2)20-9-11-23(12-10-20)32(25(33)18-30-27(34)24-8-5-17-36-24)26(21-13-15-29-16-14-21)28(35)31-22-6-3-4-7-22/h5,8-17,19,22,26H,3-4,6-7,18H2,1-2H3,(H,30,34)(H,31,35)/t26-/m1/s1. The highest BCUT2D eigenvalue weighted by molar-refractivity contribution is 6.04. The normalized spacial score (nSPS) is 14.4. The molecule has 2 N–H and O–H groups in total. The predicted octanol–water partition coefficient (Wildman–Crippen LogP) is 4.36. The van der Waals surface area contributed by atoms with E-state index in [1.165, 1.54) is 17.2 Å². The van der Waals surface area contributed by atoms with Crippen molar-refractivity contribution in [2.24, 2.45) is 0 Å². The first-order valence-corrected chi connectivity index (χ1v) is 12.4. The predicted molar refractivity (Wildman–Crippen MR) is 136 cm³/mol. The minimum absolute atomic E-state index is 0.0840. The van der Waals surface area contributed by atoms with Gasteiger partial charge in [-0.15, -0.1) is 0 Å². The lowest BCUT2D eigenvalue weighted by atomic mass is 10.0. The van der Waals surface area contributed by atoms with E-state index in [-0.39, 0.29) is 24.3 Å². The molecule has 1 saturated carbocycles. The van der Waals surface area contributed by atoms with Crippen molar-refractivity contribution in [3.8, 4) is 0 Å². The average Bonchev–Trinajstić information content (AvgIpc) is 3.61. The van der Waals surface area contributed by atoms with Crippen LogP contribution in [0.5, 0.6) is 0 Å². The van der Waals surface area contributed by atoms with Crippen molar-refractivity contribution in [2.75, 3.05) is 11.4 Å². The number of pyridine rings is 1. The molecule has 2 heterocycles. The molecule has 4 rings (SSSR count). The summed E-state index contributed by atoms with van der Waals surface area (Å²) < 4.78 is 5.13. The van der Waals surface area contributed by atoms with Gasteiger partial charge in [0.1, 0.15) is 6.04 Å². The summed E-state index contributed by atoms with van der Waals surface area (Å²) in [7, 11) is 0. The molecule has 0 bridgehead atoms. The summed E-state index contributed by atoms with van der Waals surface area (Å²) in [5, 5.41) is 5.76. The van der Waals surface area contributed by atoms with Crippen LogP contribution in [0.15, 0.2) is 71.6 Å². The van der Waals surface area contributed by atoms with Crippen LogP contribution >= 0.6 is 0 Å². The Morgan fingerprint density at radius 3 is 2.31 bits per heavy atom. The van der Waals surface area contributed by atoms with E-state index in [4.69, 9.17) is 4.42 Å². The number of benzene rings is 1. The second-order valence-electron chi connectivity index (χ2n) is 9.34. The quantitative estimate of drug-likeness (QED) is 0.466. The number of carbonyl (C=O) groups is 3. The monoisotopic (exact) mass is 488 g/mol. The molecule has 0 unspecified atom stereocenters. The Labute approximate surface area is 211 Å². The van der Waals surface area contributed by atoms with Crippen LogP contribution < -0.4 is 15.5 Å². The van der Waals surface area contributed by atoms with Gasteiger partial charge in [0.15, 0.2) is 5.76 Å². The Bertz CT molecular complexity index is 1150. The van der Waals surface area contributed by atoms with E-state index in [0.717, 1.165) is 31.2 Å². The maximum Gasteiger partial charge on any atom is 0.287 e. The summed E-state index contributed by atoms with van der Waals surface area (Å²) in [6, 6.07) is 13.4. The molecule has 1 aliphatic carbocycles. The molecular weight excluding hydrogens is 456 g/mol. The fourth-order valence-corrected chi connectivity index (χ4v) is 4.51. The van der Waals surface area contributed by atoms with Crippen molar-refractivity contribution < 1.29 is 18.8 Å². The van der Waals surface area contributed by atoms with Crippen molar-refractivity contribution in [3.05, 3.63) is 84.1 Å². The fraction of sp³-hybridized carbons (Fsp3) is 0.357. The molecule has 8 heteroatoms. The van der Waals surface area contributed by atoms with E-state index in [0.29, 0.717) is 17.2 Å². The van der Waals surface area contributed by atoms with Crippen molar-refractivity contribution in [1.29, 1.82) is 0 Å². The highest BCUT2D eigenvalue weighted by Gasteiger charge is 2.34. The molecule has 0 saturated heterocycles. The Morgan fingerprint density at radius 1 is 1.00 bits per heavy atom. The number of rotatable bonds is 9. The molecular formula is C28H32N4O4. The molecule has 1 aliphatic rings. The van der Waals surface area contributed by atoms with E-state index >= 15 is 0 Å². The second kappa shape index (κ2) is 11.7. The Hall–Kier alpha value is -3.94. The second-order valence-corrected chi connectivity index (χ2v) is 9.34. The molecule has 3 aromatic rings. The summed E-state index contributed by atoms with van der Waals surface area (Å²) >= 11 is 0. The van der Waals surface area contributed by atoms with Gasteiger partial charge in [-0.1, -0.05) is 38.8 Å². The van der Waals surface area contributed by atoms with Gasteiger partial charge in [-0.05, 0) is 66.3 Å². The van der Waals surface area contributed by atoms with Crippen LogP contribution in [-0.2, 0) is 9.59 Å². The van der Waals surface area contributed by atoms with Crippen LogP contribution in [0.25, 0.3) is 0 Å². The van der Waals surface area contributed by atoms with Gasteiger partial charge in [0, 0.05) is 24.1 Å². The van der Waals surface area contributed by atoms with Crippen molar-refractivity contribution in [2.45, 2.75) is 57.5 Å². The first-order chi connectivity index (χ1) is 17.4. The molecule has 1 fully saturated rings. The third-order valence-electron chi connectivity index (χ3n) is 6.48. The van der Waals surface area contributed by atoms with Crippen LogP contribution in [-0.4, -0.2) is 35.3 Å². The molecule has 1 atom stereocenters. The first kappa shape index (κ1) is 25.2. The number of carbonyl (C=O) groups excluding carboxylic acids is 3. The van der Waals surface area contributed by atoms with E-state index < -0.39 is 17.9 Å². The average molecular weight is 489 g/mol. The van der Waals surface area contributed by atoms with E-state index in [1.54, 1.807) is 30.6 Å². The van der Waals surface area contributed by atoms with Crippen molar-refractivity contribution in [3.63, 3.8) is 0 Å². The Balaban J connectivity index is 1.67. The van der Waals surface area contributed by atoms with Gasteiger partial charge in [-0.3, -0.25) is 24.3 Å². The van der Waals surface area contributed by atoms with Gasteiger partial charge in [0.05, 0.1) is 12.8 Å². The molecule has 1 aromatic carbocycles. The molecule has 3 amide bonds. The molecule has 0 spiro atoms. The Kier molecular flexibility index (Phi) is 8.15. The molecule has 8 nitrogen and oxygen atoms in total. The minimum Gasteiger partial charge on any atom is -0.459 e. The minimum atomic E-state index is -0.925. The maximum absolute atomic E-state index is 13.7. The van der Waals surface area contributed by atoms with Gasteiger partial charge >= 0.3 is 0 Å². The highest BCUT2D eigenvalue weighted by Crippen LogP contribution is 2.30. The number of anilines is 1. The van der Waals surface area contributed by atoms with Gasteiger partial charge in [0.25, 0.3) is 5.91 Å². The topological polar surface area (TPSA) is 105 Å². The molecule has 2 aromatic heterocycles. The number of aromatic nitrogens is 1. The number of furan rings is 1. The lowest BCUT2D eigenvalue weighted by Crippen LogP contribution is -2.49. The highest BCUT2D eigenvalue weighted by atomic mass is 16.3.